The van der Waals surface area contributed by atoms with Gasteiger partial charge < -0.3 is 9.73 Å². The number of carbonyl (C=O) groups is 1. The topological polar surface area (TPSA) is 42.2 Å². The van der Waals surface area contributed by atoms with Gasteiger partial charge in [0.05, 0.1) is 6.26 Å². The second kappa shape index (κ2) is 6.04. The normalized spacial score (nSPS) is 10.3. The predicted molar refractivity (Wildman–Crippen MR) is 79.6 cm³/mol. The van der Waals surface area contributed by atoms with Crippen molar-refractivity contribution in [2.75, 3.05) is 5.32 Å². The van der Waals surface area contributed by atoms with E-state index in [-0.39, 0.29) is 5.91 Å². The molecule has 0 spiro atoms. The number of hydrogen-bond donors (Lipinski definition) is 1. The minimum absolute atomic E-state index is 0.0106. The van der Waals surface area contributed by atoms with E-state index in [1.165, 1.54) is 0 Å². The first kappa shape index (κ1) is 13.1. The highest BCUT2D eigenvalue weighted by molar-refractivity contribution is 14.1. The van der Waals surface area contributed by atoms with Crippen LogP contribution in [0.5, 0.6) is 0 Å². The van der Waals surface area contributed by atoms with Crippen molar-refractivity contribution < 1.29 is 9.21 Å². The summed E-state index contributed by atoms with van der Waals surface area (Å²) in [6.45, 7) is 1.98. The number of benzene rings is 1. The summed E-state index contributed by atoms with van der Waals surface area (Å²) in [5.41, 5.74) is 1.95. The minimum atomic E-state index is 0.0106. The lowest BCUT2D eigenvalue weighted by molar-refractivity contribution is -0.116. The fourth-order valence-electron chi connectivity index (χ4n) is 1.63. The molecule has 3 nitrogen and oxygen atoms in total. The number of aryl methyl sites for hydroxylation is 2. The Morgan fingerprint density at radius 1 is 1.39 bits per heavy atom. The zero-order valence-electron chi connectivity index (χ0n) is 10.1. The fraction of sp³-hybridized carbons (Fsp3) is 0.214. The van der Waals surface area contributed by atoms with Gasteiger partial charge in [-0.2, -0.15) is 0 Å². The molecule has 2 rings (SSSR count). The highest BCUT2D eigenvalue weighted by Gasteiger charge is 2.06. The number of carbonyl (C=O) groups excluding carboxylic acids is 1. The third-order valence-corrected chi connectivity index (χ3v) is 3.32. The van der Waals surface area contributed by atoms with Crippen LogP contribution in [0, 0.1) is 10.5 Å². The molecule has 94 valence electrons. The van der Waals surface area contributed by atoms with Gasteiger partial charge in [-0.3, -0.25) is 4.79 Å². The van der Waals surface area contributed by atoms with Gasteiger partial charge in [-0.1, -0.05) is 6.07 Å². The van der Waals surface area contributed by atoms with Crippen molar-refractivity contribution in [1.82, 2.24) is 0 Å². The maximum atomic E-state index is 11.8. The Morgan fingerprint density at radius 2 is 2.22 bits per heavy atom. The summed E-state index contributed by atoms with van der Waals surface area (Å²) in [4.78, 5) is 11.8. The van der Waals surface area contributed by atoms with Gasteiger partial charge in [-0.05, 0) is 59.3 Å². The van der Waals surface area contributed by atoms with Crippen molar-refractivity contribution in [2.24, 2.45) is 0 Å². The van der Waals surface area contributed by atoms with E-state index in [2.05, 4.69) is 27.9 Å². The molecule has 4 heteroatoms. The first-order chi connectivity index (χ1) is 8.65. The highest BCUT2D eigenvalue weighted by Crippen LogP contribution is 2.18. The zero-order valence-corrected chi connectivity index (χ0v) is 12.2. The van der Waals surface area contributed by atoms with E-state index in [4.69, 9.17) is 4.42 Å². The molecular weight excluding hydrogens is 341 g/mol. The summed E-state index contributed by atoms with van der Waals surface area (Å²) in [6, 6.07) is 9.71. The predicted octanol–water partition coefficient (Wildman–Crippen LogP) is 3.76. The van der Waals surface area contributed by atoms with Gasteiger partial charge in [-0.15, -0.1) is 0 Å². The maximum Gasteiger partial charge on any atom is 0.224 e. The van der Waals surface area contributed by atoms with Gasteiger partial charge in [0.2, 0.25) is 5.91 Å². The Kier molecular flexibility index (Phi) is 4.41. The lowest BCUT2D eigenvalue weighted by atomic mass is 10.2. The van der Waals surface area contributed by atoms with Crippen LogP contribution >= 0.6 is 22.6 Å². The molecule has 0 aliphatic rings. The Hall–Kier alpha value is -1.30. The van der Waals surface area contributed by atoms with Crippen LogP contribution < -0.4 is 5.32 Å². The number of hydrogen-bond acceptors (Lipinski definition) is 2. The van der Waals surface area contributed by atoms with Crippen LogP contribution in [0.1, 0.15) is 17.7 Å². The number of rotatable bonds is 4. The zero-order chi connectivity index (χ0) is 13.0. The molecule has 0 saturated carbocycles. The van der Waals surface area contributed by atoms with Gasteiger partial charge in [0.25, 0.3) is 0 Å². The molecule has 0 unspecified atom stereocenters. The molecular formula is C14H14INO2. The van der Waals surface area contributed by atoms with Crippen molar-refractivity contribution in [3.8, 4) is 0 Å². The maximum absolute atomic E-state index is 11.8. The molecule has 0 aliphatic carbocycles. The minimum Gasteiger partial charge on any atom is -0.469 e. The smallest absolute Gasteiger partial charge is 0.224 e. The summed E-state index contributed by atoms with van der Waals surface area (Å²) >= 11 is 2.23. The molecule has 1 heterocycles. The monoisotopic (exact) mass is 355 g/mol. The molecule has 1 aromatic heterocycles. The van der Waals surface area contributed by atoms with Crippen LogP contribution in [0.4, 0.5) is 5.69 Å². The van der Waals surface area contributed by atoms with Crippen LogP contribution in [-0.4, -0.2) is 5.91 Å². The Balaban J connectivity index is 1.92. The van der Waals surface area contributed by atoms with Gasteiger partial charge in [0.15, 0.2) is 0 Å². The molecule has 1 amide bonds. The van der Waals surface area contributed by atoms with Crippen LogP contribution in [0.2, 0.25) is 0 Å². The summed E-state index contributed by atoms with van der Waals surface area (Å²) in [6.07, 6.45) is 2.68. The van der Waals surface area contributed by atoms with E-state index in [9.17, 15) is 4.79 Å². The van der Waals surface area contributed by atoms with Gasteiger partial charge in [0, 0.05) is 22.1 Å². The highest BCUT2D eigenvalue weighted by atomic mass is 127. The first-order valence-electron chi connectivity index (χ1n) is 5.73. The fourth-order valence-corrected chi connectivity index (χ4v) is 2.12. The number of amides is 1. The van der Waals surface area contributed by atoms with E-state index in [0.717, 1.165) is 20.6 Å². The second-order valence-corrected chi connectivity index (χ2v) is 5.33. The molecule has 18 heavy (non-hydrogen) atoms. The molecule has 0 saturated heterocycles. The van der Waals surface area contributed by atoms with Crippen LogP contribution in [0.15, 0.2) is 41.0 Å². The van der Waals surface area contributed by atoms with Crippen molar-refractivity contribution in [3.05, 3.63) is 51.5 Å². The van der Waals surface area contributed by atoms with Gasteiger partial charge >= 0.3 is 0 Å². The van der Waals surface area contributed by atoms with Crippen molar-refractivity contribution in [2.45, 2.75) is 19.8 Å². The van der Waals surface area contributed by atoms with Crippen molar-refractivity contribution in [3.63, 3.8) is 0 Å². The molecule has 0 fully saturated rings. The summed E-state index contributed by atoms with van der Waals surface area (Å²) in [5, 5.41) is 2.93. The van der Waals surface area contributed by atoms with Crippen LogP contribution in [0.25, 0.3) is 0 Å². The Morgan fingerprint density at radius 3 is 2.94 bits per heavy atom. The Bertz CT molecular complexity index is 535. The molecule has 0 aliphatic heterocycles. The van der Waals surface area contributed by atoms with Crippen LogP contribution in [0.3, 0.4) is 0 Å². The third-order valence-electron chi connectivity index (χ3n) is 2.65. The number of nitrogens with one attached hydrogen (secondary N) is 1. The van der Waals surface area contributed by atoms with E-state index in [1.54, 1.807) is 6.26 Å². The average molecular weight is 355 g/mol. The van der Waals surface area contributed by atoms with Crippen LogP contribution in [-0.2, 0) is 11.2 Å². The number of halogens is 1. The third kappa shape index (κ3) is 3.60. The van der Waals surface area contributed by atoms with E-state index in [0.29, 0.717) is 12.8 Å². The van der Waals surface area contributed by atoms with Gasteiger partial charge in [0.1, 0.15) is 5.76 Å². The second-order valence-electron chi connectivity index (χ2n) is 4.09. The Labute approximate surface area is 120 Å². The molecule has 1 aromatic carbocycles. The summed E-state index contributed by atoms with van der Waals surface area (Å²) in [7, 11) is 0. The molecule has 2 aromatic rings. The number of furan rings is 1. The molecule has 1 N–H and O–H groups in total. The van der Waals surface area contributed by atoms with E-state index < -0.39 is 0 Å². The standard InChI is InChI=1S/C14H14INO2/c1-10-4-5-11(15)9-13(10)16-14(17)7-6-12-3-2-8-18-12/h2-5,8-9H,6-7H2,1H3,(H,16,17). The summed E-state index contributed by atoms with van der Waals surface area (Å²) < 4.78 is 6.31. The van der Waals surface area contributed by atoms with E-state index in [1.807, 2.05) is 37.3 Å². The average Bonchev–Trinajstić information content (AvgIpc) is 2.84. The lowest BCUT2D eigenvalue weighted by Crippen LogP contribution is -2.13. The quantitative estimate of drug-likeness (QED) is 0.849. The lowest BCUT2D eigenvalue weighted by Gasteiger charge is -2.08. The summed E-state index contributed by atoms with van der Waals surface area (Å²) in [5.74, 6) is 0.848. The van der Waals surface area contributed by atoms with Gasteiger partial charge in [-0.25, -0.2) is 0 Å². The van der Waals surface area contributed by atoms with Crippen molar-refractivity contribution >= 4 is 34.2 Å². The first-order valence-corrected chi connectivity index (χ1v) is 6.81. The van der Waals surface area contributed by atoms with E-state index >= 15 is 0 Å². The number of anilines is 1. The largest absolute Gasteiger partial charge is 0.469 e. The SMILES string of the molecule is Cc1ccc(I)cc1NC(=O)CCc1ccco1. The molecule has 0 bridgehead atoms. The molecule has 0 radical (unpaired) electrons. The molecule has 0 atom stereocenters. The van der Waals surface area contributed by atoms with Crippen molar-refractivity contribution in [1.29, 1.82) is 0 Å².